The van der Waals surface area contributed by atoms with Gasteiger partial charge in [0.15, 0.2) is 0 Å². The molecule has 43 heavy (non-hydrogen) atoms. The Morgan fingerprint density at radius 2 is 1.91 bits per heavy atom. The number of benzene rings is 2. The third-order valence-corrected chi connectivity index (χ3v) is 9.92. The molecule has 0 radical (unpaired) electrons. The number of urea groups is 1. The second kappa shape index (κ2) is 11.3. The zero-order valence-electron chi connectivity index (χ0n) is 25.1. The Bertz CT molecular complexity index is 1580. The minimum Gasteiger partial charge on any atom is -0.339 e. The van der Waals surface area contributed by atoms with Gasteiger partial charge in [-0.1, -0.05) is 43.6 Å². The van der Waals surface area contributed by atoms with Crippen molar-refractivity contribution in [2.45, 2.75) is 70.5 Å². The van der Waals surface area contributed by atoms with E-state index >= 15 is 0 Å². The standard InChI is InChI=1S/C33H39ClN6O3/c1-19(2)27-18-40(32(43)37-27)33(3)16-22-8-10-24(15-23(22)17-33)36-31(42)29(38-30(41)28-12-13-35-39(28)4)21-9-11-25-20(14-21)6-5-7-26(25)34/h5-8,10,12-13,15,19,21,27,29H,9,11,14,16-18H2,1-4H3,(H,36,42)(H,37,43)(H,38,41). The van der Waals surface area contributed by atoms with Gasteiger partial charge in [0.1, 0.15) is 11.7 Å². The van der Waals surface area contributed by atoms with Crippen LogP contribution >= 0.6 is 11.6 Å². The van der Waals surface area contributed by atoms with Crippen LogP contribution in [-0.2, 0) is 37.5 Å². The zero-order valence-corrected chi connectivity index (χ0v) is 25.9. The van der Waals surface area contributed by atoms with Crippen molar-refractivity contribution >= 4 is 35.1 Å². The van der Waals surface area contributed by atoms with Crippen LogP contribution < -0.4 is 16.0 Å². The maximum absolute atomic E-state index is 13.9. The van der Waals surface area contributed by atoms with Crippen LogP contribution in [0.25, 0.3) is 0 Å². The van der Waals surface area contributed by atoms with Crippen molar-refractivity contribution < 1.29 is 14.4 Å². The molecule has 3 aromatic rings. The minimum absolute atomic E-state index is 0.00937. The van der Waals surface area contributed by atoms with Gasteiger partial charge >= 0.3 is 6.03 Å². The highest BCUT2D eigenvalue weighted by molar-refractivity contribution is 6.31. The van der Waals surface area contributed by atoms with Gasteiger partial charge in [-0.15, -0.1) is 0 Å². The third-order valence-electron chi connectivity index (χ3n) is 9.56. The lowest BCUT2D eigenvalue weighted by Crippen LogP contribution is -2.50. The van der Waals surface area contributed by atoms with Crippen LogP contribution in [0.4, 0.5) is 10.5 Å². The fourth-order valence-electron chi connectivity index (χ4n) is 7.02. The Morgan fingerprint density at radius 3 is 2.63 bits per heavy atom. The fourth-order valence-corrected chi connectivity index (χ4v) is 7.31. The molecule has 9 nitrogen and oxygen atoms in total. The molecule has 4 atom stereocenters. The molecule has 2 heterocycles. The van der Waals surface area contributed by atoms with E-state index < -0.39 is 6.04 Å². The molecule has 1 fully saturated rings. The largest absolute Gasteiger partial charge is 0.339 e. The summed E-state index contributed by atoms with van der Waals surface area (Å²) in [7, 11) is 1.70. The van der Waals surface area contributed by atoms with Gasteiger partial charge in [-0.25, -0.2) is 4.79 Å². The lowest BCUT2D eigenvalue weighted by atomic mass is 9.79. The van der Waals surface area contributed by atoms with Crippen LogP contribution in [0.5, 0.6) is 0 Å². The molecule has 10 heteroatoms. The van der Waals surface area contributed by atoms with Gasteiger partial charge in [0.25, 0.3) is 5.91 Å². The average Bonchev–Trinajstić information content (AvgIpc) is 3.67. The number of hydrogen-bond acceptors (Lipinski definition) is 4. The predicted molar refractivity (Wildman–Crippen MR) is 166 cm³/mol. The Hall–Kier alpha value is -3.85. The molecular weight excluding hydrogens is 564 g/mol. The Labute approximate surface area is 257 Å². The Kier molecular flexibility index (Phi) is 7.71. The van der Waals surface area contributed by atoms with Gasteiger partial charge in [-0.2, -0.15) is 5.10 Å². The van der Waals surface area contributed by atoms with Crippen LogP contribution in [0.1, 0.15) is 59.9 Å². The van der Waals surface area contributed by atoms with E-state index in [9.17, 15) is 14.4 Å². The number of fused-ring (bicyclic) bond motifs is 2. The molecule has 1 aliphatic heterocycles. The smallest absolute Gasteiger partial charge is 0.318 e. The summed E-state index contributed by atoms with van der Waals surface area (Å²) in [5, 5.41) is 14.1. The minimum atomic E-state index is -0.755. The number of amides is 4. The molecule has 0 spiro atoms. The van der Waals surface area contributed by atoms with Gasteiger partial charge in [-0.3, -0.25) is 14.3 Å². The number of aryl methyl sites for hydroxylation is 1. The van der Waals surface area contributed by atoms with Crippen LogP contribution in [0.2, 0.25) is 5.02 Å². The van der Waals surface area contributed by atoms with Crippen LogP contribution in [-0.4, -0.2) is 56.7 Å². The molecule has 4 unspecified atom stereocenters. The second-order valence-corrected chi connectivity index (χ2v) is 13.3. The van der Waals surface area contributed by atoms with Gasteiger partial charge in [0, 0.05) is 36.0 Å². The zero-order chi connectivity index (χ0) is 30.5. The summed E-state index contributed by atoms with van der Waals surface area (Å²) < 4.78 is 1.50. The molecule has 6 rings (SSSR count). The molecule has 1 saturated heterocycles. The monoisotopic (exact) mass is 602 g/mol. The van der Waals surface area contributed by atoms with Gasteiger partial charge in [0.2, 0.25) is 5.91 Å². The number of aromatic nitrogens is 2. The molecule has 1 aromatic heterocycles. The summed E-state index contributed by atoms with van der Waals surface area (Å²) in [6.45, 7) is 7.09. The molecule has 2 aliphatic carbocycles. The number of nitrogens with one attached hydrogen (secondary N) is 3. The molecule has 3 aliphatic rings. The lowest BCUT2D eigenvalue weighted by molar-refractivity contribution is -0.119. The normalized spacial score (nSPS) is 23.5. The van der Waals surface area contributed by atoms with E-state index in [0.717, 1.165) is 41.0 Å². The second-order valence-electron chi connectivity index (χ2n) is 12.9. The van der Waals surface area contributed by atoms with Crippen LogP contribution in [0.3, 0.4) is 0 Å². The summed E-state index contributed by atoms with van der Waals surface area (Å²) >= 11 is 6.46. The molecular formula is C33H39ClN6O3. The summed E-state index contributed by atoms with van der Waals surface area (Å²) in [5.74, 6) is -0.344. The summed E-state index contributed by atoms with van der Waals surface area (Å²) in [6.07, 6.45) is 5.14. The highest BCUT2D eigenvalue weighted by atomic mass is 35.5. The van der Waals surface area contributed by atoms with E-state index in [4.69, 9.17) is 11.6 Å². The maximum atomic E-state index is 13.9. The fraction of sp³-hybridized carbons (Fsp3) is 0.455. The molecule has 0 bridgehead atoms. The first-order valence-electron chi connectivity index (χ1n) is 15.1. The summed E-state index contributed by atoms with van der Waals surface area (Å²) in [6, 6.07) is 12.9. The predicted octanol–water partition coefficient (Wildman–Crippen LogP) is 4.52. The SMILES string of the molecule is CC(C)C1CN(C2(C)Cc3ccc(NC(=O)C(NC(=O)c4ccnn4C)C4CCc5c(Cl)cccc5C4)cc3C2)C(=O)N1. The van der Waals surface area contributed by atoms with E-state index in [0.29, 0.717) is 36.7 Å². The van der Waals surface area contributed by atoms with E-state index in [1.807, 2.05) is 41.3 Å². The quantitative estimate of drug-likeness (QED) is 0.369. The van der Waals surface area contributed by atoms with Crippen molar-refractivity contribution in [3.05, 3.63) is 81.6 Å². The topological polar surface area (TPSA) is 108 Å². The maximum Gasteiger partial charge on any atom is 0.318 e. The summed E-state index contributed by atoms with van der Waals surface area (Å²) in [4.78, 5) is 42.0. The van der Waals surface area contributed by atoms with Crippen molar-refractivity contribution in [1.29, 1.82) is 0 Å². The molecule has 2 aromatic carbocycles. The van der Waals surface area contributed by atoms with E-state index in [-0.39, 0.29) is 35.3 Å². The summed E-state index contributed by atoms with van der Waals surface area (Å²) in [5.41, 5.74) is 5.28. The highest BCUT2D eigenvalue weighted by Gasteiger charge is 2.45. The van der Waals surface area contributed by atoms with Crippen LogP contribution in [0, 0.1) is 11.8 Å². The number of hydrogen-bond donors (Lipinski definition) is 3. The third kappa shape index (κ3) is 5.62. The van der Waals surface area contributed by atoms with Gasteiger partial charge in [0.05, 0.1) is 6.04 Å². The molecule has 4 amide bonds. The van der Waals surface area contributed by atoms with Crippen molar-refractivity contribution in [2.75, 3.05) is 11.9 Å². The van der Waals surface area contributed by atoms with Crippen molar-refractivity contribution in [3.63, 3.8) is 0 Å². The Balaban J connectivity index is 1.21. The number of carbonyl (C=O) groups is 3. The molecule has 226 valence electrons. The van der Waals surface area contributed by atoms with Gasteiger partial charge < -0.3 is 20.9 Å². The highest BCUT2D eigenvalue weighted by Crippen LogP contribution is 2.38. The number of halogens is 1. The van der Waals surface area contributed by atoms with Crippen molar-refractivity contribution in [2.24, 2.45) is 18.9 Å². The van der Waals surface area contributed by atoms with Gasteiger partial charge in [-0.05, 0) is 97.4 Å². The van der Waals surface area contributed by atoms with Crippen molar-refractivity contribution in [3.8, 4) is 0 Å². The molecule has 3 N–H and O–H groups in total. The first-order chi connectivity index (χ1) is 20.5. The number of nitrogens with zero attached hydrogens (tertiary/aromatic N) is 3. The number of anilines is 1. The van der Waals surface area contributed by atoms with E-state index in [1.165, 1.54) is 10.2 Å². The van der Waals surface area contributed by atoms with E-state index in [1.54, 1.807) is 19.3 Å². The van der Waals surface area contributed by atoms with Crippen molar-refractivity contribution in [1.82, 2.24) is 25.3 Å². The Morgan fingerprint density at radius 1 is 1.12 bits per heavy atom. The average molecular weight is 603 g/mol. The number of carbonyl (C=O) groups excluding carboxylic acids is 3. The molecule has 0 saturated carbocycles. The van der Waals surface area contributed by atoms with Crippen LogP contribution in [0.15, 0.2) is 48.7 Å². The van der Waals surface area contributed by atoms with E-state index in [2.05, 4.69) is 41.8 Å². The first kappa shape index (κ1) is 29.2. The number of rotatable bonds is 7. The lowest BCUT2D eigenvalue weighted by Gasteiger charge is -2.34. The first-order valence-corrected chi connectivity index (χ1v) is 15.5.